The highest BCUT2D eigenvalue weighted by molar-refractivity contribution is 5.99. The number of allylic oxidation sites excluding steroid dienone is 2. The minimum Gasteiger partial charge on any atom is -0.350 e. The van der Waals surface area contributed by atoms with Crippen LogP contribution in [0.25, 0.3) is 16.5 Å². The fraction of sp³-hybridized carbons (Fsp3) is 0.368. The van der Waals surface area contributed by atoms with E-state index in [0.717, 1.165) is 23.7 Å². The molecule has 1 aliphatic rings. The number of pyridine rings is 1. The smallest absolute Gasteiger partial charge is 0.253 e. The van der Waals surface area contributed by atoms with Crippen LogP contribution in [0.4, 0.5) is 0 Å². The normalized spacial score (nSPS) is 15.0. The summed E-state index contributed by atoms with van der Waals surface area (Å²) in [6, 6.07) is 8.29. The Hall–Kier alpha value is -2.16. The number of nitrogens with zero attached hydrogens (tertiary/aromatic N) is 1. The second kappa shape index (κ2) is 6.30. The molecule has 1 aliphatic carbocycles. The molecule has 1 aromatic heterocycles. The standard InChI is InChI=1S/C19H22N2O/c1-13(2)21-19(22)16-11-15-9-6-10-17(18(15)20-12-16)14-7-4-3-5-8-14/h6-7,9-13H,3-5,8H2,1-2H3,(H,21,22). The van der Waals surface area contributed by atoms with Crippen molar-refractivity contribution >= 4 is 22.4 Å². The number of carbonyl (C=O) groups is 1. The van der Waals surface area contributed by atoms with E-state index in [1.807, 2.05) is 26.0 Å². The number of benzene rings is 1. The molecule has 0 atom stereocenters. The number of amides is 1. The summed E-state index contributed by atoms with van der Waals surface area (Å²) in [6.07, 6.45) is 8.82. The van der Waals surface area contributed by atoms with Crippen molar-refractivity contribution in [2.45, 2.75) is 45.6 Å². The summed E-state index contributed by atoms with van der Waals surface area (Å²) in [5, 5.41) is 3.94. The molecule has 1 amide bonds. The zero-order valence-corrected chi connectivity index (χ0v) is 13.2. The molecule has 22 heavy (non-hydrogen) atoms. The summed E-state index contributed by atoms with van der Waals surface area (Å²) in [5.41, 5.74) is 4.23. The van der Waals surface area contributed by atoms with Gasteiger partial charge in [-0.3, -0.25) is 9.78 Å². The Labute approximate surface area is 131 Å². The van der Waals surface area contributed by atoms with Gasteiger partial charge in [-0.25, -0.2) is 0 Å². The van der Waals surface area contributed by atoms with Crippen molar-refractivity contribution in [3.63, 3.8) is 0 Å². The molecular formula is C19H22N2O. The lowest BCUT2D eigenvalue weighted by Crippen LogP contribution is -2.30. The van der Waals surface area contributed by atoms with Crippen LogP contribution in [0.5, 0.6) is 0 Å². The van der Waals surface area contributed by atoms with Crippen LogP contribution in [0, 0.1) is 0 Å². The van der Waals surface area contributed by atoms with Crippen molar-refractivity contribution < 1.29 is 4.79 Å². The lowest BCUT2D eigenvalue weighted by atomic mass is 9.92. The Morgan fingerprint density at radius 1 is 1.27 bits per heavy atom. The van der Waals surface area contributed by atoms with Gasteiger partial charge in [0.1, 0.15) is 0 Å². The first-order valence-electron chi connectivity index (χ1n) is 8.04. The Morgan fingerprint density at radius 3 is 2.86 bits per heavy atom. The van der Waals surface area contributed by atoms with Gasteiger partial charge >= 0.3 is 0 Å². The maximum Gasteiger partial charge on any atom is 0.253 e. The molecule has 2 aromatic rings. The third-order valence-corrected chi connectivity index (χ3v) is 4.03. The van der Waals surface area contributed by atoms with Gasteiger partial charge in [-0.1, -0.05) is 24.3 Å². The van der Waals surface area contributed by atoms with Crippen molar-refractivity contribution in [3.8, 4) is 0 Å². The lowest BCUT2D eigenvalue weighted by Gasteiger charge is -2.15. The van der Waals surface area contributed by atoms with Gasteiger partial charge in [0.05, 0.1) is 11.1 Å². The highest BCUT2D eigenvalue weighted by Crippen LogP contribution is 2.31. The van der Waals surface area contributed by atoms with Crippen molar-refractivity contribution in [1.29, 1.82) is 0 Å². The fourth-order valence-electron chi connectivity index (χ4n) is 2.97. The van der Waals surface area contributed by atoms with Crippen LogP contribution in [0.2, 0.25) is 0 Å². The van der Waals surface area contributed by atoms with Gasteiger partial charge in [0, 0.05) is 23.2 Å². The minimum atomic E-state index is -0.0633. The highest BCUT2D eigenvalue weighted by atomic mass is 16.1. The fourth-order valence-corrected chi connectivity index (χ4v) is 2.97. The van der Waals surface area contributed by atoms with E-state index in [0.29, 0.717) is 5.56 Å². The Morgan fingerprint density at radius 2 is 2.14 bits per heavy atom. The van der Waals surface area contributed by atoms with Crippen molar-refractivity contribution in [3.05, 3.63) is 47.7 Å². The predicted octanol–water partition coefficient (Wildman–Crippen LogP) is 4.33. The van der Waals surface area contributed by atoms with Crippen molar-refractivity contribution in [1.82, 2.24) is 10.3 Å². The Bertz CT molecular complexity index is 731. The second-order valence-corrected chi connectivity index (χ2v) is 6.20. The minimum absolute atomic E-state index is 0.0633. The Kier molecular flexibility index (Phi) is 4.23. The van der Waals surface area contributed by atoms with E-state index in [2.05, 4.69) is 28.5 Å². The first-order chi connectivity index (χ1) is 10.6. The lowest BCUT2D eigenvalue weighted by molar-refractivity contribution is 0.0943. The summed E-state index contributed by atoms with van der Waals surface area (Å²) in [5.74, 6) is -0.0633. The van der Waals surface area contributed by atoms with Crippen LogP contribution in [-0.2, 0) is 0 Å². The molecule has 0 saturated carbocycles. The van der Waals surface area contributed by atoms with Gasteiger partial charge in [-0.15, -0.1) is 0 Å². The maximum atomic E-state index is 12.1. The van der Waals surface area contributed by atoms with Crippen LogP contribution >= 0.6 is 0 Å². The first kappa shape index (κ1) is 14.8. The number of aromatic nitrogens is 1. The molecule has 3 rings (SSSR count). The summed E-state index contributed by atoms with van der Waals surface area (Å²) >= 11 is 0. The second-order valence-electron chi connectivity index (χ2n) is 6.20. The highest BCUT2D eigenvalue weighted by Gasteiger charge is 2.13. The quantitative estimate of drug-likeness (QED) is 0.915. The SMILES string of the molecule is CC(C)NC(=O)c1cnc2c(C3=CCCCC3)cccc2c1. The topological polar surface area (TPSA) is 42.0 Å². The van der Waals surface area contributed by atoms with E-state index < -0.39 is 0 Å². The number of nitrogens with one attached hydrogen (secondary N) is 1. The molecule has 1 aromatic carbocycles. The first-order valence-corrected chi connectivity index (χ1v) is 8.04. The van der Waals surface area contributed by atoms with Crippen molar-refractivity contribution in [2.75, 3.05) is 0 Å². The molecule has 0 bridgehead atoms. The summed E-state index contributed by atoms with van der Waals surface area (Å²) in [7, 11) is 0. The monoisotopic (exact) mass is 294 g/mol. The summed E-state index contributed by atoms with van der Waals surface area (Å²) in [6.45, 7) is 3.92. The molecule has 0 saturated heterocycles. The van der Waals surface area contributed by atoms with Gasteiger partial charge in [-0.2, -0.15) is 0 Å². The number of para-hydroxylation sites is 1. The molecule has 1 heterocycles. The van der Waals surface area contributed by atoms with E-state index in [1.54, 1.807) is 6.20 Å². The molecule has 0 fully saturated rings. The van der Waals surface area contributed by atoms with Crippen LogP contribution in [0.1, 0.15) is 55.5 Å². The van der Waals surface area contributed by atoms with Gasteiger partial charge < -0.3 is 5.32 Å². The molecule has 1 N–H and O–H groups in total. The average Bonchev–Trinajstić information content (AvgIpc) is 2.54. The molecule has 0 unspecified atom stereocenters. The third-order valence-electron chi connectivity index (χ3n) is 4.03. The van der Waals surface area contributed by atoms with E-state index in [-0.39, 0.29) is 11.9 Å². The number of carbonyl (C=O) groups excluding carboxylic acids is 1. The van der Waals surface area contributed by atoms with Gasteiger partial charge in [0.25, 0.3) is 5.91 Å². The maximum absolute atomic E-state index is 12.1. The molecular weight excluding hydrogens is 272 g/mol. The van der Waals surface area contributed by atoms with Gasteiger partial charge in [0.15, 0.2) is 0 Å². The molecule has 0 aliphatic heterocycles. The van der Waals surface area contributed by atoms with Gasteiger partial charge in [0.2, 0.25) is 0 Å². The van der Waals surface area contributed by atoms with E-state index in [4.69, 9.17) is 0 Å². The molecule has 0 radical (unpaired) electrons. The van der Waals surface area contributed by atoms with Crippen molar-refractivity contribution in [2.24, 2.45) is 0 Å². The van der Waals surface area contributed by atoms with Crippen LogP contribution in [0.3, 0.4) is 0 Å². The van der Waals surface area contributed by atoms with E-state index in [9.17, 15) is 4.79 Å². The van der Waals surface area contributed by atoms with Crippen LogP contribution in [0.15, 0.2) is 36.5 Å². The predicted molar refractivity (Wildman–Crippen MR) is 90.8 cm³/mol. The van der Waals surface area contributed by atoms with Gasteiger partial charge in [-0.05, 0) is 51.2 Å². The summed E-state index contributed by atoms with van der Waals surface area (Å²) in [4.78, 5) is 16.7. The summed E-state index contributed by atoms with van der Waals surface area (Å²) < 4.78 is 0. The molecule has 3 nitrogen and oxygen atoms in total. The largest absolute Gasteiger partial charge is 0.350 e. The zero-order valence-electron chi connectivity index (χ0n) is 13.2. The molecule has 0 spiro atoms. The number of hydrogen-bond acceptors (Lipinski definition) is 2. The zero-order chi connectivity index (χ0) is 15.5. The molecule has 114 valence electrons. The number of hydrogen-bond donors (Lipinski definition) is 1. The molecule has 3 heteroatoms. The number of rotatable bonds is 3. The van der Waals surface area contributed by atoms with E-state index in [1.165, 1.54) is 24.0 Å². The third kappa shape index (κ3) is 3.03. The number of fused-ring (bicyclic) bond motifs is 1. The van der Waals surface area contributed by atoms with Crippen LogP contribution in [-0.4, -0.2) is 16.9 Å². The van der Waals surface area contributed by atoms with E-state index >= 15 is 0 Å². The average molecular weight is 294 g/mol. The van der Waals surface area contributed by atoms with Crippen LogP contribution < -0.4 is 5.32 Å². The Balaban J connectivity index is 2.00.